The minimum absolute atomic E-state index is 0. The van der Waals surface area contributed by atoms with Gasteiger partial charge in [-0.25, -0.2) is 0 Å². The Morgan fingerprint density at radius 1 is 1.07 bits per heavy atom. The van der Waals surface area contributed by atoms with Gasteiger partial charge < -0.3 is 13.3 Å². The zero-order valence-corrected chi connectivity index (χ0v) is 10.5. The maximum Gasteiger partial charge on any atom is 0.536 e. The van der Waals surface area contributed by atoms with Crippen LogP contribution in [0.25, 0.3) is 0 Å². The van der Waals surface area contributed by atoms with Gasteiger partial charge in [0.15, 0.2) is 0 Å². The van der Waals surface area contributed by atoms with Crippen molar-refractivity contribution < 1.29 is 16.1 Å². The van der Waals surface area contributed by atoms with Crippen molar-refractivity contribution in [1.29, 1.82) is 0 Å². The molecule has 3 nitrogen and oxygen atoms in total. The SMILES string of the molecule is CCO[Si](OC)(OCC)c1ccccc1.[HH].[HH]. The first-order valence-corrected chi connectivity index (χ1v) is 6.90. The summed E-state index contributed by atoms with van der Waals surface area (Å²) in [6, 6.07) is 9.88. The fourth-order valence-electron chi connectivity index (χ4n) is 1.47. The van der Waals surface area contributed by atoms with Gasteiger partial charge in [-0.2, -0.15) is 0 Å². The molecule has 0 saturated carbocycles. The highest BCUT2D eigenvalue weighted by atomic mass is 28.4. The van der Waals surface area contributed by atoms with Gasteiger partial charge in [-0.3, -0.25) is 0 Å². The number of benzene rings is 1. The highest BCUT2D eigenvalue weighted by Gasteiger charge is 2.41. The van der Waals surface area contributed by atoms with Crippen molar-refractivity contribution in [1.82, 2.24) is 0 Å². The molecule has 1 aromatic rings. The molecule has 88 valence electrons. The van der Waals surface area contributed by atoms with Crippen molar-refractivity contribution >= 4 is 14.0 Å². The Morgan fingerprint density at radius 2 is 1.60 bits per heavy atom. The van der Waals surface area contributed by atoms with Crippen molar-refractivity contribution in [2.75, 3.05) is 20.3 Å². The molecular weight excluding hydrogens is 208 g/mol. The van der Waals surface area contributed by atoms with Crippen LogP contribution in [0, 0.1) is 0 Å². The second-order valence-electron chi connectivity index (χ2n) is 2.99. The first-order valence-electron chi connectivity index (χ1n) is 5.17. The standard InChI is InChI=1S/C11H18O3Si.2H2/c1-4-13-15(12-3,14-5-2)11-9-7-6-8-10-11;;/h6-10H,4-5H2,1-3H3;2*1H. The molecule has 0 aliphatic carbocycles. The summed E-state index contributed by atoms with van der Waals surface area (Å²) in [5.74, 6) is 0. The van der Waals surface area contributed by atoms with E-state index in [1.165, 1.54) is 0 Å². The van der Waals surface area contributed by atoms with Gasteiger partial charge in [0.25, 0.3) is 0 Å². The summed E-state index contributed by atoms with van der Waals surface area (Å²) in [6.07, 6.45) is 0. The molecule has 0 spiro atoms. The van der Waals surface area contributed by atoms with Crippen molar-refractivity contribution in [2.24, 2.45) is 0 Å². The molecule has 4 heteroatoms. The third-order valence-electron chi connectivity index (χ3n) is 2.06. The highest BCUT2D eigenvalue weighted by Crippen LogP contribution is 2.09. The van der Waals surface area contributed by atoms with E-state index in [1.54, 1.807) is 7.11 Å². The lowest BCUT2D eigenvalue weighted by Crippen LogP contribution is -2.56. The summed E-state index contributed by atoms with van der Waals surface area (Å²) >= 11 is 0. The molecule has 0 aliphatic heterocycles. The Morgan fingerprint density at radius 3 is 2.00 bits per heavy atom. The van der Waals surface area contributed by atoms with Crippen LogP contribution in [0.1, 0.15) is 16.7 Å². The molecule has 0 amide bonds. The number of hydrogen-bond acceptors (Lipinski definition) is 3. The maximum atomic E-state index is 5.70. The van der Waals surface area contributed by atoms with Gasteiger partial charge in [-0.15, -0.1) is 0 Å². The molecule has 0 atom stereocenters. The largest absolute Gasteiger partial charge is 0.536 e. The summed E-state index contributed by atoms with van der Waals surface area (Å²) in [6.45, 7) is 5.08. The van der Waals surface area contributed by atoms with E-state index in [0.717, 1.165) is 5.19 Å². The lowest BCUT2D eigenvalue weighted by atomic mass is 10.4. The highest BCUT2D eigenvalue weighted by molar-refractivity contribution is 6.75. The molecule has 0 radical (unpaired) electrons. The molecule has 0 aromatic heterocycles. The van der Waals surface area contributed by atoms with Gasteiger partial charge in [0.2, 0.25) is 0 Å². The third kappa shape index (κ3) is 2.88. The van der Waals surface area contributed by atoms with E-state index in [-0.39, 0.29) is 2.85 Å². The molecule has 0 saturated heterocycles. The summed E-state index contributed by atoms with van der Waals surface area (Å²) in [4.78, 5) is 0. The predicted molar refractivity (Wildman–Crippen MR) is 66.3 cm³/mol. The van der Waals surface area contributed by atoms with Crippen LogP contribution < -0.4 is 5.19 Å². The van der Waals surface area contributed by atoms with Gasteiger partial charge in [0.05, 0.1) is 0 Å². The van der Waals surface area contributed by atoms with Crippen LogP contribution in [0.4, 0.5) is 0 Å². The lowest BCUT2D eigenvalue weighted by Gasteiger charge is -2.27. The van der Waals surface area contributed by atoms with Crippen molar-refractivity contribution in [3.8, 4) is 0 Å². The van der Waals surface area contributed by atoms with Gasteiger partial charge in [-0.05, 0) is 13.8 Å². The van der Waals surface area contributed by atoms with Crippen LogP contribution in [-0.2, 0) is 13.3 Å². The molecule has 15 heavy (non-hydrogen) atoms. The second kappa shape index (κ2) is 6.02. The Bertz CT molecular complexity index is 279. The molecule has 0 N–H and O–H groups in total. The second-order valence-corrected chi connectivity index (χ2v) is 5.67. The van der Waals surface area contributed by atoms with E-state index in [0.29, 0.717) is 13.2 Å². The van der Waals surface area contributed by atoms with Crippen LogP contribution in [0.5, 0.6) is 0 Å². The Kier molecular flexibility index (Phi) is 4.97. The predicted octanol–water partition coefficient (Wildman–Crippen LogP) is 2.04. The van der Waals surface area contributed by atoms with Crippen LogP contribution in [-0.4, -0.2) is 29.1 Å². The van der Waals surface area contributed by atoms with Crippen molar-refractivity contribution in [2.45, 2.75) is 13.8 Å². The molecule has 1 aromatic carbocycles. The minimum Gasteiger partial charge on any atom is -0.373 e. The smallest absolute Gasteiger partial charge is 0.373 e. The Labute approximate surface area is 95.3 Å². The van der Waals surface area contributed by atoms with Gasteiger partial charge in [0, 0.05) is 28.4 Å². The first kappa shape index (κ1) is 12.4. The lowest BCUT2D eigenvalue weighted by molar-refractivity contribution is 0.102. The molecular formula is C11H22O3Si. The van der Waals surface area contributed by atoms with Gasteiger partial charge in [-0.1, -0.05) is 30.3 Å². The number of rotatable bonds is 6. The molecule has 0 aliphatic rings. The average Bonchev–Trinajstić information content (AvgIpc) is 2.30. The number of hydrogen-bond donors (Lipinski definition) is 0. The molecule has 0 bridgehead atoms. The van der Waals surface area contributed by atoms with Crippen molar-refractivity contribution in [3.05, 3.63) is 30.3 Å². The minimum atomic E-state index is -2.65. The zero-order valence-electron chi connectivity index (χ0n) is 9.53. The van der Waals surface area contributed by atoms with Crippen LogP contribution in [0.15, 0.2) is 30.3 Å². The van der Waals surface area contributed by atoms with E-state index in [9.17, 15) is 0 Å². The molecule has 0 fully saturated rings. The van der Waals surface area contributed by atoms with E-state index in [1.807, 2.05) is 44.2 Å². The molecule has 0 unspecified atom stereocenters. The fourth-order valence-corrected chi connectivity index (χ4v) is 3.72. The Balaban J connectivity index is 0. The molecule has 1 rings (SSSR count). The summed E-state index contributed by atoms with van der Waals surface area (Å²) < 4.78 is 16.9. The van der Waals surface area contributed by atoms with E-state index < -0.39 is 8.80 Å². The van der Waals surface area contributed by atoms with Crippen LogP contribution in [0.3, 0.4) is 0 Å². The summed E-state index contributed by atoms with van der Waals surface area (Å²) in [7, 11) is -1.00. The molecule has 0 heterocycles. The average molecular weight is 230 g/mol. The van der Waals surface area contributed by atoms with Crippen LogP contribution >= 0.6 is 0 Å². The van der Waals surface area contributed by atoms with Gasteiger partial charge in [0.1, 0.15) is 0 Å². The normalized spacial score (nSPS) is 11.7. The maximum absolute atomic E-state index is 5.70. The first-order chi connectivity index (χ1) is 7.29. The van der Waals surface area contributed by atoms with Crippen LogP contribution in [0.2, 0.25) is 0 Å². The third-order valence-corrected chi connectivity index (χ3v) is 4.98. The van der Waals surface area contributed by atoms with Gasteiger partial charge >= 0.3 is 8.80 Å². The summed E-state index contributed by atoms with van der Waals surface area (Å²) in [5.41, 5.74) is 0. The fraction of sp³-hybridized carbons (Fsp3) is 0.455. The van der Waals surface area contributed by atoms with E-state index in [2.05, 4.69) is 0 Å². The summed E-state index contributed by atoms with van der Waals surface area (Å²) in [5, 5.41) is 1.01. The monoisotopic (exact) mass is 230 g/mol. The Hall–Kier alpha value is -0.683. The topological polar surface area (TPSA) is 27.7 Å². The van der Waals surface area contributed by atoms with E-state index in [4.69, 9.17) is 13.3 Å². The van der Waals surface area contributed by atoms with Crippen molar-refractivity contribution in [3.63, 3.8) is 0 Å². The zero-order chi connectivity index (χ0) is 11.1. The van der Waals surface area contributed by atoms with E-state index >= 15 is 0 Å². The quantitative estimate of drug-likeness (QED) is 0.700.